The normalized spacial score (nSPS) is 12.9. The second-order valence-corrected chi connectivity index (χ2v) is 7.86. The monoisotopic (exact) mass is 445 g/mol. The number of carboxylic acid groups (broad SMARTS) is 1. The summed E-state index contributed by atoms with van der Waals surface area (Å²) in [7, 11) is 0. The van der Waals surface area contributed by atoms with Crippen LogP contribution in [0.25, 0.3) is 11.1 Å². The zero-order chi connectivity index (χ0) is 23.4. The molecule has 1 aromatic heterocycles. The van der Waals surface area contributed by atoms with Crippen LogP contribution in [-0.2, 0) is 9.53 Å². The van der Waals surface area contributed by atoms with Gasteiger partial charge in [0.15, 0.2) is 0 Å². The van der Waals surface area contributed by atoms with Gasteiger partial charge in [-0.3, -0.25) is 14.9 Å². The number of carbonyl (C=O) groups is 3. The van der Waals surface area contributed by atoms with Crippen molar-refractivity contribution in [1.29, 1.82) is 0 Å². The number of ether oxygens (including phenoxy) is 1. The van der Waals surface area contributed by atoms with Crippen molar-refractivity contribution in [2.45, 2.75) is 25.3 Å². The van der Waals surface area contributed by atoms with Gasteiger partial charge in [-0.05, 0) is 41.3 Å². The summed E-state index contributed by atoms with van der Waals surface area (Å²) < 4.78 is 5.50. The number of aliphatic carboxylic acids is 1. The lowest BCUT2D eigenvalue weighted by Gasteiger charge is -2.14. The van der Waals surface area contributed by atoms with Crippen LogP contribution in [0.15, 0.2) is 66.9 Å². The van der Waals surface area contributed by atoms with Crippen molar-refractivity contribution in [2.24, 2.45) is 0 Å². The molecule has 2 amide bonds. The average Bonchev–Trinajstić information content (AvgIpc) is 3.11. The molecule has 8 heteroatoms. The summed E-state index contributed by atoms with van der Waals surface area (Å²) >= 11 is 0. The predicted octanol–water partition coefficient (Wildman–Crippen LogP) is 4.04. The fraction of sp³-hybridized carbons (Fsp3) is 0.200. The maximum atomic E-state index is 12.4. The number of hydrogen-bond donors (Lipinski definition) is 3. The summed E-state index contributed by atoms with van der Waals surface area (Å²) in [5.74, 6) is -1.53. The zero-order valence-electron chi connectivity index (χ0n) is 17.9. The molecule has 4 rings (SSSR count). The quantitative estimate of drug-likeness (QED) is 0.505. The van der Waals surface area contributed by atoms with E-state index in [9.17, 15) is 14.4 Å². The molecule has 168 valence electrons. The summed E-state index contributed by atoms with van der Waals surface area (Å²) in [6.45, 7) is 1.79. The van der Waals surface area contributed by atoms with E-state index in [1.165, 1.54) is 18.3 Å². The van der Waals surface area contributed by atoms with E-state index in [1.807, 2.05) is 36.4 Å². The number of nitrogens with zero attached hydrogens (tertiary/aromatic N) is 1. The molecule has 1 atom stereocenters. The van der Waals surface area contributed by atoms with Gasteiger partial charge in [-0.2, -0.15) is 0 Å². The average molecular weight is 445 g/mol. The summed E-state index contributed by atoms with van der Waals surface area (Å²) in [5, 5.41) is 14.0. The highest BCUT2D eigenvalue weighted by molar-refractivity contribution is 5.93. The van der Waals surface area contributed by atoms with Crippen LogP contribution in [0.4, 0.5) is 10.5 Å². The van der Waals surface area contributed by atoms with Crippen LogP contribution in [0.5, 0.6) is 0 Å². The number of carbonyl (C=O) groups excluding carboxylic acids is 2. The van der Waals surface area contributed by atoms with E-state index >= 15 is 0 Å². The molecule has 0 spiro atoms. The molecule has 1 heterocycles. The Morgan fingerprint density at radius 3 is 2.21 bits per heavy atom. The molecular weight excluding hydrogens is 422 g/mol. The van der Waals surface area contributed by atoms with Crippen molar-refractivity contribution in [1.82, 2.24) is 10.3 Å². The van der Waals surface area contributed by atoms with E-state index in [4.69, 9.17) is 9.84 Å². The van der Waals surface area contributed by atoms with Crippen molar-refractivity contribution in [2.75, 3.05) is 11.9 Å². The first-order chi connectivity index (χ1) is 15.9. The summed E-state index contributed by atoms with van der Waals surface area (Å²) in [5.41, 5.74) is 5.05. The topological polar surface area (TPSA) is 118 Å². The van der Waals surface area contributed by atoms with Crippen molar-refractivity contribution >= 4 is 23.7 Å². The number of fused-ring (bicyclic) bond motifs is 3. The molecule has 0 bridgehead atoms. The first-order valence-electron chi connectivity index (χ1n) is 10.5. The molecule has 8 nitrogen and oxygen atoms in total. The number of amides is 2. The molecule has 2 aromatic carbocycles. The Hall–Kier alpha value is -4.20. The highest BCUT2D eigenvalue weighted by Crippen LogP contribution is 2.44. The number of carboxylic acids is 1. The summed E-state index contributed by atoms with van der Waals surface area (Å²) in [4.78, 5) is 39.3. The van der Waals surface area contributed by atoms with E-state index in [0.717, 1.165) is 22.3 Å². The number of rotatable bonds is 7. The van der Waals surface area contributed by atoms with Crippen molar-refractivity contribution in [3.63, 3.8) is 0 Å². The number of benzene rings is 2. The largest absolute Gasteiger partial charge is 0.481 e. The molecule has 3 aromatic rings. The Kier molecular flexibility index (Phi) is 6.35. The lowest BCUT2D eigenvalue weighted by atomic mass is 9.98. The van der Waals surface area contributed by atoms with Gasteiger partial charge in [-0.1, -0.05) is 48.5 Å². The van der Waals surface area contributed by atoms with Gasteiger partial charge in [0.1, 0.15) is 12.3 Å². The molecule has 0 aliphatic heterocycles. The van der Waals surface area contributed by atoms with Gasteiger partial charge in [0.25, 0.3) is 5.91 Å². The Bertz CT molecular complexity index is 1150. The number of aromatic nitrogens is 1. The van der Waals surface area contributed by atoms with Gasteiger partial charge < -0.3 is 15.2 Å². The predicted molar refractivity (Wildman–Crippen MR) is 122 cm³/mol. The van der Waals surface area contributed by atoms with Crippen molar-refractivity contribution < 1.29 is 24.2 Å². The summed E-state index contributed by atoms with van der Waals surface area (Å²) in [6.07, 6.45) is 0.539. The van der Waals surface area contributed by atoms with Gasteiger partial charge in [0.05, 0.1) is 18.3 Å². The fourth-order valence-corrected chi connectivity index (χ4v) is 3.97. The molecule has 33 heavy (non-hydrogen) atoms. The van der Waals surface area contributed by atoms with Crippen molar-refractivity contribution in [3.8, 4) is 11.1 Å². The van der Waals surface area contributed by atoms with Gasteiger partial charge in [0, 0.05) is 12.0 Å². The minimum atomic E-state index is -1.00. The first-order valence-corrected chi connectivity index (χ1v) is 10.5. The molecule has 3 N–H and O–H groups in total. The lowest BCUT2D eigenvalue weighted by molar-refractivity contribution is -0.137. The Morgan fingerprint density at radius 2 is 1.64 bits per heavy atom. The molecule has 1 aliphatic rings. The number of pyridine rings is 1. The molecular formula is C25H23N3O5. The highest BCUT2D eigenvalue weighted by Gasteiger charge is 2.29. The molecule has 0 saturated carbocycles. The van der Waals surface area contributed by atoms with Crippen LogP contribution >= 0.6 is 0 Å². The van der Waals surface area contributed by atoms with Crippen LogP contribution in [-0.4, -0.2) is 40.7 Å². The van der Waals surface area contributed by atoms with E-state index in [-0.39, 0.29) is 24.6 Å². The number of hydrogen-bond acceptors (Lipinski definition) is 5. The fourth-order valence-electron chi connectivity index (χ4n) is 3.97. The highest BCUT2D eigenvalue weighted by atomic mass is 16.5. The van der Waals surface area contributed by atoms with E-state index in [0.29, 0.717) is 5.69 Å². The van der Waals surface area contributed by atoms with Crippen LogP contribution in [0, 0.1) is 0 Å². The van der Waals surface area contributed by atoms with Crippen LogP contribution in [0.2, 0.25) is 0 Å². The standard InChI is InChI=1S/C25H23N3O5/c1-15(12-23(29)30)27-24(31)22-11-10-16(13-26-22)28-25(32)33-14-21-19-8-4-2-6-17(19)18-7-3-5-9-20(18)21/h2-11,13,15,21H,12,14H2,1H3,(H,27,31)(H,28,32)(H,29,30)/t15-/m1/s1. The maximum Gasteiger partial charge on any atom is 0.411 e. The van der Waals surface area contributed by atoms with E-state index < -0.39 is 24.0 Å². The van der Waals surface area contributed by atoms with Crippen molar-refractivity contribution in [3.05, 3.63) is 83.7 Å². The third kappa shape index (κ3) is 5.01. The Balaban J connectivity index is 1.34. The number of nitrogens with one attached hydrogen (secondary N) is 2. The summed E-state index contributed by atoms with van der Waals surface area (Å²) in [6, 6.07) is 18.6. The minimum Gasteiger partial charge on any atom is -0.481 e. The van der Waals surface area contributed by atoms with Gasteiger partial charge in [-0.25, -0.2) is 9.78 Å². The van der Waals surface area contributed by atoms with Gasteiger partial charge in [-0.15, -0.1) is 0 Å². The number of anilines is 1. The zero-order valence-corrected chi connectivity index (χ0v) is 17.9. The molecule has 0 saturated heterocycles. The third-order valence-electron chi connectivity index (χ3n) is 5.44. The lowest BCUT2D eigenvalue weighted by Crippen LogP contribution is -2.34. The third-order valence-corrected chi connectivity index (χ3v) is 5.44. The van der Waals surface area contributed by atoms with Gasteiger partial charge in [0.2, 0.25) is 0 Å². The second-order valence-electron chi connectivity index (χ2n) is 7.86. The van der Waals surface area contributed by atoms with Crippen LogP contribution in [0.3, 0.4) is 0 Å². The molecule has 0 radical (unpaired) electrons. The molecule has 1 aliphatic carbocycles. The SMILES string of the molecule is C[C@H](CC(=O)O)NC(=O)c1ccc(NC(=O)OCC2c3ccccc3-c3ccccc32)cn1. The smallest absolute Gasteiger partial charge is 0.411 e. The minimum absolute atomic E-state index is 0.0415. The second kappa shape index (κ2) is 9.52. The molecule has 0 fully saturated rings. The molecule has 0 unspecified atom stereocenters. The maximum absolute atomic E-state index is 12.4. The van der Waals surface area contributed by atoms with Crippen LogP contribution in [0.1, 0.15) is 40.9 Å². The van der Waals surface area contributed by atoms with Crippen LogP contribution < -0.4 is 10.6 Å². The van der Waals surface area contributed by atoms with E-state index in [1.54, 1.807) is 6.92 Å². The van der Waals surface area contributed by atoms with E-state index in [2.05, 4.69) is 27.8 Å². The first kappa shape index (κ1) is 22.0. The Morgan fingerprint density at radius 1 is 1.00 bits per heavy atom. The Labute approximate surface area is 190 Å². The van der Waals surface area contributed by atoms with Gasteiger partial charge >= 0.3 is 12.1 Å².